The molecule has 7 heteroatoms. The van der Waals surface area contributed by atoms with Gasteiger partial charge in [-0.2, -0.15) is 23.5 Å². The molecule has 2 rings (SSSR count). The first kappa shape index (κ1) is 16.7. The minimum atomic E-state index is -3.54. The molecule has 0 radical (unpaired) electrons. The van der Waals surface area contributed by atoms with Crippen molar-refractivity contribution in [3.05, 3.63) is 29.8 Å². The summed E-state index contributed by atoms with van der Waals surface area (Å²) in [6.07, 6.45) is 0. The monoisotopic (exact) mass is 342 g/mol. The van der Waals surface area contributed by atoms with Crippen LogP contribution in [0.4, 0.5) is 0 Å². The van der Waals surface area contributed by atoms with Crippen LogP contribution in [0, 0.1) is 11.8 Å². The third-order valence-electron chi connectivity index (χ3n) is 2.89. The quantitative estimate of drug-likeness (QED) is 0.803. The van der Waals surface area contributed by atoms with Gasteiger partial charge in [-0.25, -0.2) is 13.1 Å². The van der Waals surface area contributed by atoms with E-state index in [9.17, 15) is 8.42 Å². The van der Waals surface area contributed by atoms with Gasteiger partial charge in [-0.15, -0.1) is 0 Å². The number of rotatable bonds is 4. The third-order valence-corrected chi connectivity index (χ3v) is 7.21. The first-order valence-corrected chi connectivity index (χ1v) is 10.3. The van der Waals surface area contributed by atoms with Gasteiger partial charge >= 0.3 is 0 Å². The second-order valence-electron chi connectivity index (χ2n) is 4.42. The zero-order valence-electron chi connectivity index (χ0n) is 11.5. The second kappa shape index (κ2) is 8.11. The lowest BCUT2D eigenvalue weighted by molar-refractivity contribution is 0.581. The van der Waals surface area contributed by atoms with Crippen LogP contribution in [0.15, 0.2) is 29.2 Å². The predicted molar refractivity (Wildman–Crippen MR) is 91.1 cm³/mol. The molecule has 1 fully saturated rings. The van der Waals surface area contributed by atoms with Gasteiger partial charge in [0, 0.05) is 34.6 Å². The molecule has 0 bridgehead atoms. The minimum Gasteiger partial charge on any atom is -0.320 e. The first-order valence-electron chi connectivity index (χ1n) is 6.60. The molecule has 1 saturated heterocycles. The average Bonchev–Trinajstić information content (AvgIpc) is 2.52. The highest BCUT2D eigenvalue weighted by Crippen LogP contribution is 2.24. The fourth-order valence-corrected chi connectivity index (χ4v) is 5.85. The SMILES string of the molecule is NCC#Cc1ccccc1S(=O)(=O)NCC1CSCCS1. The van der Waals surface area contributed by atoms with E-state index in [1.807, 2.05) is 23.5 Å². The van der Waals surface area contributed by atoms with Crippen molar-refractivity contribution in [3.8, 4) is 11.8 Å². The van der Waals surface area contributed by atoms with Gasteiger partial charge in [0.05, 0.1) is 11.4 Å². The van der Waals surface area contributed by atoms with Gasteiger partial charge in [-0.1, -0.05) is 24.0 Å². The topological polar surface area (TPSA) is 72.2 Å². The van der Waals surface area contributed by atoms with Crippen molar-refractivity contribution >= 4 is 33.5 Å². The largest absolute Gasteiger partial charge is 0.320 e. The molecule has 0 saturated carbocycles. The Labute approximate surface area is 134 Å². The molecule has 1 heterocycles. The normalized spacial score (nSPS) is 18.8. The van der Waals surface area contributed by atoms with Crippen LogP contribution in [0.2, 0.25) is 0 Å². The summed E-state index contributed by atoms with van der Waals surface area (Å²) in [7, 11) is -3.54. The van der Waals surface area contributed by atoms with Crippen LogP contribution in [-0.4, -0.2) is 44.0 Å². The van der Waals surface area contributed by atoms with E-state index in [4.69, 9.17) is 5.73 Å². The Morgan fingerprint density at radius 3 is 2.86 bits per heavy atom. The molecule has 0 aliphatic carbocycles. The van der Waals surface area contributed by atoms with Crippen LogP contribution in [0.1, 0.15) is 5.56 Å². The van der Waals surface area contributed by atoms with E-state index in [2.05, 4.69) is 16.6 Å². The maximum Gasteiger partial charge on any atom is 0.241 e. The Kier molecular flexibility index (Phi) is 6.45. The van der Waals surface area contributed by atoms with Crippen LogP contribution in [0.3, 0.4) is 0 Å². The third kappa shape index (κ3) is 4.94. The molecule has 1 aliphatic heterocycles. The van der Waals surface area contributed by atoms with E-state index in [-0.39, 0.29) is 11.4 Å². The van der Waals surface area contributed by atoms with Crippen molar-refractivity contribution in [2.24, 2.45) is 5.73 Å². The van der Waals surface area contributed by atoms with E-state index >= 15 is 0 Å². The highest BCUT2D eigenvalue weighted by molar-refractivity contribution is 8.06. The number of thioether (sulfide) groups is 2. The zero-order valence-corrected chi connectivity index (χ0v) is 14.0. The molecule has 3 N–H and O–H groups in total. The smallest absolute Gasteiger partial charge is 0.241 e. The van der Waals surface area contributed by atoms with Crippen LogP contribution in [0.5, 0.6) is 0 Å². The summed E-state index contributed by atoms with van der Waals surface area (Å²) in [5, 5.41) is 0.334. The number of hydrogen-bond donors (Lipinski definition) is 2. The molecule has 114 valence electrons. The summed E-state index contributed by atoms with van der Waals surface area (Å²) in [6, 6.07) is 6.74. The molecule has 4 nitrogen and oxygen atoms in total. The summed E-state index contributed by atoms with van der Waals surface area (Å²) >= 11 is 3.70. The summed E-state index contributed by atoms with van der Waals surface area (Å²) in [4.78, 5) is 0.222. The lowest BCUT2D eigenvalue weighted by Gasteiger charge is -2.21. The van der Waals surface area contributed by atoms with Crippen molar-refractivity contribution in [1.82, 2.24) is 4.72 Å². The van der Waals surface area contributed by atoms with Crippen molar-refractivity contribution in [1.29, 1.82) is 0 Å². The lowest BCUT2D eigenvalue weighted by Crippen LogP contribution is -2.33. The number of hydrogen-bond acceptors (Lipinski definition) is 5. The standard InChI is InChI=1S/C14H18N2O2S3/c15-7-3-5-12-4-1-2-6-14(12)21(17,18)16-10-13-11-19-8-9-20-13/h1-2,4,6,13,16H,7-11,15H2. The lowest BCUT2D eigenvalue weighted by atomic mass is 10.2. The van der Waals surface area contributed by atoms with Gasteiger partial charge in [0.1, 0.15) is 0 Å². The maximum atomic E-state index is 12.4. The summed E-state index contributed by atoms with van der Waals surface area (Å²) in [5.41, 5.74) is 5.84. The fourth-order valence-electron chi connectivity index (χ4n) is 1.89. The number of benzene rings is 1. The minimum absolute atomic E-state index is 0.206. The second-order valence-corrected chi connectivity index (χ2v) is 8.72. The van der Waals surface area contributed by atoms with Gasteiger partial charge in [0.25, 0.3) is 0 Å². The Morgan fingerprint density at radius 1 is 1.33 bits per heavy atom. The predicted octanol–water partition coefficient (Wildman–Crippen LogP) is 1.12. The van der Waals surface area contributed by atoms with Crippen molar-refractivity contribution in [3.63, 3.8) is 0 Å². The van der Waals surface area contributed by atoms with Crippen molar-refractivity contribution < 1.29 is 8.42 Å². The molecule has 0 aromatic heterocycles. The Bertz CT molecular complexity index is 629. The highest BCUT2D eigenvalue weighted by Gasteiger charge is 2.21. The maximum absolute atomic E-state index is 12.4. The van der Waals surface area contributed by atoms with Crippen LogP contribution < -0.4 is 10.5 Å². The number of nitrogens with one attached hydrogen (secondary N) is 1. The Balaban J connectivity index is 2.11. The van der Waals surface area contributed by atoms with E-state index in [1.165, 1.54) is 0 Å². The van der Waals surface area contributed by atoms with Gasteiger partial charge < -0.3 is 5.73 Å². The van der Waals surface area contributed by atoms with Gasteiger partial charge in [-0.05, 0) is 12.1 Å². The number of nitrogens with two attached hydrogens (primary N) is 1. The Morgan fingerprint density at radius 2 is 2.14 bits per heavy atom. The van der Waals surface area contributed by atoms with E-state index in [0.29, 0.717) is 17.4 Å². The molecular weight excluding hydrogens is 324 g/mol. The van der Waals surface area contributed by atoms with Gasteiger partial charge in [0.2, 0.25) is 10.0 Å². The van der Waals surface area contributed by atoms with Crippen molar-refractivity contribution in [2.75, 3.05) is 30.3 Å². The molecule has 1 aromatic rings. The molecule has 1 unspecified atom stereocenters. The van der Waals surface area contributed by atoms with Crippen LogP contribution in [0.25, 0.3) is 0 Å². The average molecular weight is 343 g/mol. The molecule has 21 heavy (non-hydrogen) atoms. The van der Waals surface area contributed by atoms with E-state index in [1.54, 1.807) is 24.3 Å². The Hall–Kier alpha value is -0.650. The molecular formula is C14H18N2O2S3. The van der Waals surface area contributed by atoms with Gasteiger partial charge in [0.15, 0.2) is 0 Å². The van der Waals surface area contributed by atoms with Crippen molar-refractivity contribution in [2.45, 2.75) is 10.1 Å². The molecule has 1 atom stereocenters. The van der Waals surface area contributed by atoms with Crippen LogP contribution >= 0.6 is 23.5 Å². The van der Waals surface area contributed by atoms with Gasteiger partial charge in [-0.3, -0.25) is 0 Å². The van der Waals surface area contributed by atoms with E-state index in [0.717, 1.165) is 17.3 Å². The highest BCUT2D eigenvalue weighted by atomic mass is 32.2. The summed E-state index contributed by atoms with van der Waals surface area (Å²) in [6.45, 7) is 0.663. The zero-order chi connectivity index (χ0) is 15.1. The first-order chi connectivity index (χ1) is 10.1. The molecule has 0 spiro atoms. The van der Waals surface area contributed by atoms with E-state index < -0.39 is 10.0 Å². The molecule has 1 aliphatic rings. The molecule has 1 aromatic carbocycles. The van der Waals surface area contributed by atoms with Crippen LogP contribution in [-0.2, 0) is 10.0 Å². The fraction of sp³-hybridized carbons (Fsp3) is 0.429. The summed E-state index contributed by atoms with van der Waals surface area (Å²) in [5.74, 6) is 8.73. The number of sulfonamides is 1. The molecule has 0 amide bonds. The summed E-state index contributed by atoms with van der Waals surface area (Å²) < 4.78 is 27.6.